The Morgan fingerprint density at radius 1 is 0.933 bits per heavy atom. The Kier molecular flexibility index (Phi) is 6.88. The Bertz CT molecular complexity index is 993. The van der Waals surface area contributed by atoms with Crippen LogP contribution in [-0.4, -0.2) is 6.61 Å². The molecule has 0 saturated heterocycles. The predicted octanol–water partition coefficient (Wildman–Crippen LogP) is 7.39. The number of benzene rings is 3. The van der Waals surface area contributed by atoms with Gasteiger partial charge in [-0.3, -0.25) is 0 Å². The van der Waals surface area contributed by atoms with Crippen molar-refractivity contribution in [1.82, 2.24) is 0 Å². The Morgan fingerprint density at radius 2 is 1.63 bits per heavy atom. The summed E-state index contributed by atoms with van der Waals surface area (Å²) in [6, 6.07) is 21.0. The summed E-state index contributed by atoms with van der Waals surface area (Å²) < 4.78 is 40.3. The fraction of sp³-hybridized carbons (Fsp3) is 0.231. The van der Waals surface area contributed by atoms with Gasteiger partial charge in [-0.25, -0.2) is 8.78 Å². The van der Waals surface area contributed by atoms with E-state index in [0.29, 0.717) is 18.8 Å². The fourth-order valence-electron chi connectivity index (χ4n) is 3.10. The van der Waals surface area contributed by atoms with Gasteiger partial charge in [0.25, 0.3) is 0 Å². The molecule has 0 bridgehead atoms. The highest BCUT2D eigenvalue weighted by Crippen LogP contribution is 2.34. The van der Waals surface area contributed by atoms with Gasteiger partial charge in [0.05, 0.1) is 6.61 Å². The number of halogens is 2. The Balaban J connectivity index is 1.74. The molecule has 0 aromatic heterocycles. The summed E-state index contributed by atoms with van der Waals surface area (Å²) in [5, 5.41) is 0. The van der Waals surface area contributed by atoms with Gasteiger partial charge >= 0.3 is 0 Å². The summed E-state index contributed by atoms with van der Waals surface area (Å²) in [4.78, 5) is 0. The first-order valence-corrected chi connectivity index (χ1v) is 10.0. The van der Waals surface area contributed by atoms with Gasteiger partial charge in [-0.05, 0) is 80.8 Å². The molecule has 156 valence electrons. The highest BCUT2D eigenvalue weighted by molar-refractivity contribution is 5.38. The van der Waals surface area contributed by atoms with E-state index in [1.165, 1.54) is 12.1 Å². The van der Waals surface area contributed by atoms with E-state index in [-0.39, 0.29) is 11.6 Å². The van der Waals surface area contributed by atoms with Gasteiger partial charge < -0.3 is 9.47 Å². The van der Waals surface area contributed by atoms with Crippen molar-refractivity contribution < 1.29 is 18.3 Å². The van der Waals surface area contributed by atoms with Crippen LogP contribution in [0.1, 0.15) is 31.9 Å². The maximum atomic E-state index is 15.1. The quantitative estimate of drug-likeness (QED) is 0.387. The van der Waals surface area contributed by atoms with Crippen LogP contribution in [0.3, 0.4) is 0 Å². The van der Waals surface area contributed by atoms with Crippen molar-refractivity contribution in [3.8, 4) is 17.2 Å². The minimum Gasteiger partial charge on any atom is -0.494 e. The van der Waals surface area contributed by atoms with E-state index in [1.54, 1.807) is 24.3 Å². The predicted molar refractivity (Wildman–Crippen MR) is 116 cm³/mol. The average molecular weight is 408 g/mol. The number of ether oxygens (including phenoxy) is 2. The van der Waals surface area contributed by atoms with E-state index in [2.05, 4.69) is 0 Å². The molecule has 0 unspecified atom stereocenters. The van der Waals surface area contributed by atoms with E-state index in [1.807, 2.05) is 63.2 Å². The van der Waals surface area contributed by atoms with Crippen LogP contribution < -0.4 is 9.47 Å². The van der Waals surface area contributed by atoms with E-state index >= 15 is 4.39 Å². The lowest BCUT2D eigenvalue weighted by Gasteiger charge is -2.24. The summed E-state index contributed by atoms with van der Waals surface area (Å²) >= 11 is 0. The second-order valence-electron chi connectivity index (χ2n) is 7.52. The lowest BCUT2D eigenvalue weighted by Crippen LogP contribution is -2.18. The highest BCUT2D eigenvalue weighted by atomic mass is 19.1. The van der Waals surface area contributed by atoms with Crippen LogP contribution in [-0.2, 0) is 11.8 Å². The number of para-hydroxylation sites is 1. The maximum absolute atomic E-state index is 15.1. The first kappa shape index (κ1) is 21.6. The Labute approximate surface area is 176 Å². The largest absolute Gasteiger partial charge is 0.494 e. The van der Waals surface area contributed by atoms with Crippen molar-refractivity contribution >= 4 is 0 Å². The summed E-state index contributed by atoms with van der Waals surface area (Å²) in [5.74, 6) is 0.729. The first-order chi connectivity index (χ1) is 14.4. The third kappa shape index (κ3) is 5.26. The zero-order chi connectivity index (χ0) is 21.6. The van der Waals surface area contributed by atoms with Crippen LogP contribution >= 0.6 is 0 Å². The van der Waals surface area contributed by atoms with Crippen molar-refractivity contribution in [1.29, 1.82) is 0 Å². The third-order valence-electron chi connectivity index (χ3n) is 4.97. The van der Waals surface area contributed by atoms with Gasteiger partial charge in [0.2, 0.25) is 0 Å². The van der Waals surface area contributed by atoms with Crippen molar-refractivity contribution in [3.63, 3.8) is 0 Å². The van der Waals surface area contributed by atoms with E-state index in [0.717, 1.165) is 16.9 Å². The summed E-state index contributed by atoms with van der Waals surface area (Å²) in [5.41, 5.74) is 0.834. The van der Waals surface area contributed by atoms with Gasteiger partial charge in [0.1, 0.15) is 17.3 Å². The number of hydrogen-bond donors (Lipinski definition) is 0. The SMILES string of the molecule is CCOc1ccc(C(C)(C)/C(F)=C/Cc2ccc(F)c(Oc3ccccc3)c2)cc1. The smallest absolute Gasteiger partial charge is 0.165 e. The van der Waals surface area contributed by atoms with Crippen LogP contribution in [0.2, 0.25) is 0 Å². The van der Waals surface area contributed by atoms with Gasteiger partial charge in [0, 0.05) is 5.41 Å². The van der Waals surface area contributed by atoms with Crippen LogP contribution in [0, 0.1) is 5.82 Å². The molecule has 0 amide bonds. The van der Waals surface area contributed by atoms with Crippen molar-refractivity contribution in [2.24, 2.45) is 0 Å². The molecule has 3 rings (SSSR count). The molecule has 0 radical (unpaired) electrons. The molecule has 30 heavy (non-hydrogen) atoms. The molecular weight excluding hydrogens is 382 g/mol. The van der Waals surface area contributed by atoms with Gasteiger partial charge in [0.15, 0.2) is 11.6 Å². The normalized spacial score (nSPS) is 12.0. The lowest BCUT2D eigenvalue weighted by atomic mass is 9.82. The van der Waals surface area contributed by atoms with E-state index in [4.69, 9.17) is 9.47 Å². The minimum absolute atomic E-state index is 0.123. The molecule has 0 atom stereocenters. The number of rotatable bonds is 8. The Morgan fingerprint density at radius 3 is 2.30 bits per heavy atom. The monoisotopic (exact) mass is 408 g/mol. The van der Waals surface area contributed by atoms with Crippen LogP contribution in [0.5, 0.6) is 17.2 Å². The zero-order valence-electron chi connectivity index (χ0n) is 17.5. The molecule has 0 fully saturated rings. The molecule has 0 spiro atoms. The molecule has 0 N–H and O–H groups in total. The molecule has 0 heterocycles. The maximum Gasteiger partial charge on any atom is 0.165 e. The van der Waals surface area contributed by atoms with Crippen molar-refractivity contribution in [2.75, 3.05) is 6.61 Å². The first-order valence-electron chi connectivity index (χ1n) is 10.0. The zero-order valence-corrected chi connectivity index (χ0v) is 17.5. The minimum atomic E-state index is -0.784. The fourth-order valence-corrected chi connectivity index (χ4v) is 3.10. The molecule has 3 aromatic rings. The van der Waals surface area contributed by atoms with Crippen molar-refractivity contribution in [3.05, 3.63) is 102 Å². The average Bonchev–Trinajstić information content (AvgIpc) is 2.75. The van der Waals surface area contributed by atoms with Crippen LogP contribution in [0.15, 0.2) is 84.7 Å². The van der Waals surface area contributed by atoms with Gasteiger partial charge in [-0.1, -0.05) is 36.4 Å². The lowest BCUT2D eigenvalue weighted by molar-refractivity contribution is 0.340. The highest BCUT2D eigenvalue weighted by Gasteiger charge is 2.26. The van der Waals surface area contributed by atoms with E-state index < -0.39 is 11.2 Å². The topological polar surface area (TPSA) is 18.5 Å². The molecule has 0 aliphatic rings. The Hall–Kier alpha value is -3.14. The summed E-state index contributed by atoms with van der Waals surface area (Å²) in [6.45, 7) is 6.18. The van der Waals surface area contributed by atoms with Crippen molar-refractivity contribution in [2.45, 2.75) is 32.6 Å². The molecule has 3 aromatic carbocycles. The van der Waals surface area contributed by atoms with Gasteiger partial charge in [-0.2, -0.15) is 0 Å². The van der Waals surface area contributed by atoms with Crippen LogP contribution in [0.25, 0.3) is 0 Å². The summed E-state index contributed by atoms with van der Waals surface area (Å²) in [6.07, 6.45) is 1.87. The molecular formula is C26H26F2O2. The molecule has 0 aliphatic carbocycles. The molecule has 0 aliphatic heterocycles. The molecule has 2 nitrogen and oxygen atoms in total. The number of allylic oxidation sites excluding steroid dienone is 2. The standard InChI is InChI=1S/C26H26F2O2/c1-4-29-21-14-12-20(13-15-21)26(2,3)25(28)17-11-19-10-16-23(27)24(18-19)30-22-8-6-5-7-9-22/h5-10,12-18H,4,11H2,1-3H3/b25-17-. The molecule has 0 saturated carbocycles. The second-order valence-corrected chi connectivity index (χ2v) is 7.52. The third-order valence-corrected chi connectivity index (χ3v) is 4.97. The summed E-state index contributed by atoms with van der Waals surface area (Å²) in [7, 11) is 0. The molecule has 4 heteroatoms. The number of hydrogen-bond acceptors (Lipinski definition) is 2. The van der Waals surface area contributed by atoms with Gasteiger partial charge in [-0.15, -0.1) is 0 Å². The second kappa shape index (κ2) is 9.57. The van der Waals surface area contributed by atoms with Crippen LogP contribution in [0.4, 0.5) is 8.78 Å². The van der Waals surface area contributed by atoms with E-state index in [9.17, 15) is 4.39 Å².